The van der Waals surface area contributed by atoms with Gasteiger partial charge in [0.2, 0.25) is 0 Å². The Morgan fingerprint density at radius 2 is 0.462 bits per heavy atom. The van der Waals surface area contributed by atoms with Gasteiger partial charge in [0.25, 0.3) is 27.9 Å². The minimum atomic E-state index is -3.04. The van der Waals surface area contributed by atoms with Crippen molar-refractivity contribution in [3.63, 3.8) is 0 Å². The minimum absolute atomic E-state index is 0.341. The maximum Gasteiger partial charge on any atom is 0.323 e. The van der Waals surface area contributed by atoms with Crippen LogP contribution in [0.5, 0.6) is 0 Å². The third-order valence-corrected chi connectivity index (χ3v) is 60.3. The van der Waals surface area contributed by atoms with Crippen LogP contribution in [0.3, 0.4) is 0 Å². The van der Waals surface area contributed by atoms with Gasteiger partial charge in [0.05, 0.1) is 0 Å². The molecule has 0 aromatic rings. The van der Waals surface area contributed by atoms with E-state index in [4.69, 9.17) is 37.0 Å². The predicted octanol–water partition coefficient (Wildman–Crippen LogP) is 29.9. The molecule has 0 aliphatic rings. The van der Waals surface area contributed by atoms with Gasteiger partial charge in [-0.15, -0.1) is 0 Å². The normalized spacial score (nSPS) is 16.3. The Morgan fingerprint density at radius 1 is 0.245 bits per heavy atom. The molecule has 0 aromatic heterocycles. The molecule has 0 aliphatic carbocycles. The van der Waals surface area contributed by atoms with Gasteiger partial charge >= 0.3 is 42.8 Å². The van der Waals surface area contributed by atoms with Gasteiger partial charge in [0.1, 0.15) is 9.76 Å². The lowest BCUT2D eigenvalue weighted by Gasteiger charge is -2.46. The van der Waals surface area contributed by atoms with Crippen molar-refractivity contribution in [3.8, 4) is 0 Å². The summed E-state index contributed by atoms with van der Waals surface area (Å²) in [6, 6.07) is 6.11. The van der Waals surface area contributed by atoms with Crippen LogP contribution in [-0.4, -0.2) is 103 Å². The molecule has 0 saturated carbocycles. The van der Waals surface area contributed by atoms with Crippen LogP contribution >= 0.6 is 0 Å². The molecule has 0 saturated heterocycles. The van der Waals surface area contributed by atoms with Crippen molar-refractivity contribution >= 4 is 97.8 Å². The monoisotopic (exact) mass is 1690 g/mol. The van der Waals surface area contributed by atoms with Gasteiger partial charge in [-0.25, -0.2) is 0 Å². The van der Waals surface area contributed by atoms with Gasteiger partial charge in [0, 0.05) is 0 Å². The molecule has 0 aliphatic heterocycles. The van der Waals surface area contributed by atoms with E-state index in [0.29, 0.717) is 0 Å². The Kier molecular flexibility index (Phi) is 78.6. The molecule has 0 aromatic carbocycles. The summed E-state index contributed by atoms with van der Waals surface area (Å²) in [4.78, 5) is 12.6. The summed E-state index contributed by atoms with van der Waals surface area (Å²) in [6.07, 6.45) is 80.1. The molecule has 0 spiro atoms. The second kappa shape index (κ2) is 75.7. The van der Waals surface area contributed by atoms with Crippen LogP contribution in [0.4, 0.5) is 0 Å². The molecule has 0 rings (SSSR count). The Bertz CT molecular complexity index is 1810. The second-order valence-corrected chi connectivity index (χ2v) is 68.3. The zero-order valence-corrected chi connectivity index (χ0v) is 87.8. The quantitative estimate of drug-likeness (QED) is 0.0468. The van der Waals surface area contributed by atoms with Crippen LogP contribution in [0, 0.1) is 0 Å². The number of hydrogen-bond donors (Lipinski definition) is 1. The highest BCUT2D eigenvalue weighted by atomic mass is 28.5. The Hall–Kier alpha value is 1.99. The minimum Gasteiger partial charge on any atom is -0.444 e. The largest absolute Gasteiger partial charge is 0.444 e. The fourth-order valence-electron chi connectivity index (χ4n) is 15.8. The maximum atomic E-state index is 12.6. The van der Waals surface area contributed by atoms with E-state index >= 15 is 0 Å². The Labute approximate surface area is 682 Å². The summed E-state index contributed by atoms with van der Waals surface area (Å²) in [7, 11) is -22.2. The molecule has 0 radical (unpaired) electrons. The summed E-state index contributed by atoms with van der Waals surface area (Å²) in [5.41, 5.74) is 0. The molecule has 0 bridgehead atoms. The van der Waals surface area contributed by atoms with Crippen LogP contribution in [0.2, 0.25) is 121 Å². The number of hydrogen-bond acceptors (Lipinski definition) is 10. The molecule has 640 valence electrons. The zero-order valence-electron chi connectivity index (χ0n) is 75.8. The fraction of sp³-hybridized carbons (Fsp3) is 1.00. The van der Waals surface area contributed by atoms with Crippen molar-refractivity contribution in [2.75, 3.05) is 0 Å². The molecule has 10 nitrogen and oxygen atoms in total. The molecule has 1 N–H and O–H groups in total. The smallest absolute Gasteiger partial charge is 0.323 e. The SMILES string of the molecule is CCCCCCCCCCCC[SiH](C)O[Si](C)(CCCCCCCCCCCC)O[Si](C)(CCCCCCCCCCCC)O[Si](C)(CCCCCCCCCCCC)O[Si](C)(CCCCCCCCCCCC)O[Si](C)(O)CCCCCCCCCCCC.C[SiH2]O[SiH](C)O[SiH](C)O[SiH](C)O[Si](C)(C)C. The van der Waals surface area contributed by atoms with Crippen LogP contribution in [0.25, 0.3) is 0 Å². The van der Waals surface area contributed by atoms with Gasteiger partial charge < -0.3 is 41.8 Å². The number of rotatable bonds is 84. The van der Waals surface area contributed by atoms with Crippen molar-refractivity contribution in [3.05, 3.63) is 0 Å². The average Bonchev–Trinajstić information content (AvgIpc) is 0.790. The van der Waals surface area contributed by atoms with Gasteiger partial charge in [-0.2, -0.15) is 0 Å². The lowest BCUT2D eigenvalue weighted by Crippen LogP contribution is -2.62. The van der Waals surface area contributed by atoms with E-state index in [9.17, 15) is 4.80 Å². The van der Waals surface area contributed by atoms with Crippen molar-refractivity contribution in [1.29, 1.82) is 0 Å². The summed E-state index contributed by atoms with van der Waals surface area (Å²) in [5.74, 6) is 0. The van der Waals surface area contributed by atoms with Crippen molar-refractivity contribution in [1.82, 2.24) is 0 Å². The average molecular weight is 1690 g/mol. The first-order valence-corrected chi connectivity index (χ1v) is 74.4. The summed E-state index contributed by atoms with van der Waals surface area (Å²) in [5, 5.41) is 0. The van der Waals surface area contributed by atoms with Gasteiger partial charge in [-0.1, -0.05) is 433 Å². The van der Waals surface area contributed by atoms with Gasteiger partial charge in [0.15, 0.2) is 17.4 Å². The molecule has 0 amide bonds. The highest BCUT2D eigenvalue weighted by Crippen LogP contribution is 2.38. The van der Waals surface area contributed by atoms with Crippen molar-refractivity contribution in [2.45, 2.75) is 548 Å². The lowest BCUT2D eigenvalue weighted by molar-refractivity contribution is 0.251. The van der Waals surface area contributed by atoms with E-state index in [1.165, 1.54) is 372 Å². The first kappa shape index (κ1) is 110. The molecular weight excluding hydrogens is 1490 g/mol. The van der Waals surface area contributed by atoms with E-state index < -0.39 is 88.0 Å². The van der Waals surface area contributed by atoms with E-state index in [-0.39, 0.29) is 9.76 Å². The summed E-state index contributed by atoms with van der Waals surface area (Å²) in [6.45, 7) is 43.4. The highest BCUT2D eigenvalue weighted by molar-refractivity contribution is 6.91. The molecule has 0 heterocycles. The van der Waals surface area contributed by atoms with Crippen LogP contribution in [0.1, 0.15) is 427 Å². The Balaban J connectivity index is 0. The third-order valence-electron chi connectivity index (χ3n) is 21.8. The summed E-state index contributed by atoms with van der Waals surface area (Å²) < 4.78 is 62.7. The zero-order chi connectivity index (χ0) is 79.0. The second-order valence-electron chi connectivity index (χ2n) is 35.3. The lowest BCUT2D eigenvalue weighted by atomic mass is 10.1. The van der Waals surface area contributed by atoms with E-state index in [1.54, 1.807) is 0 Å². The fourth-order valence-corrected chi connectivity index (χ4v) is 58.5. The number of unbranched alkanes of at least 4 members (excludes halogenated alkanes) is 54. The van der Waals surface area contributed by atoms with Crippen molar-refractivity contribution < 1.29 is 41.8 Å². The predicted molar refractivity (Wildman–Crippen MR) is 500 cm³/mol. The molecule has 9 atom stereocenters. The van der Waals surface area contributed by atoms with E-state index in [2.05, 4.69) is 127 Å². The molecule has 106 heavy (non-hydrogen) atoms. The molecule has 21 heteroatoms. The maximum absolute atomic E-state index is 12.6. The third kappa shape index (κ3) is 76.0. The van der Waals surface area contributed by atoms with Gasteiger partial charge in [-0.3, -0.25) is 0 Å². The summed E-state index contributed by atoms with van der Waals surface area (Å²) >= 11 is 0. The highest BCUT2D eigenvalue weighted by Gasteiger charge is 2.52. The Morgan fingerprint density at radius 3 is 0.726 bits per heavy atom. The first-order valence-electron chi connectivity index (χ1n) is 47.6. The van der Waals surface area contributed by atoms with E-state index in [0.717, 1.165) is 49.5 Å². The van der Waals surface area contributed by atoms with Crippen molar-refractivity contribution in [2.24, 2.45) is 0 Å². The molecular formula is C85H196O10Si11. The van der Waals surface area contributed by atoms with Crippen LogP contribution < -0.4 is 0 Å². The van der Waals surface area contributed by atoms with Crippen LogP contribution in [0.15, 0.2) is 0 Å². The van der Waals surface area contributed by atoms with Gasteiger partial charge in [-0.05, 0) is 115 Å². The standard InChI is InChI=1S/C78H170O6Si6.C7H26O4Si5/c1-13-19-25-31-37-43-49-55-61-67-73-85(7)80-87(9,75-69-63-57-51-45-39-33-27-21-15-3)82-89(11,77-71-65-59-53-47-41-35-29-23-17-5)84-90(12,78-72-66-60-54-48-42-36-30-24-18-6)83-88(10,76-70-64-58-52-46-40-34-28-22-16-4)81-86(8,79)74-68-62-56-50-44-38-32-26-20-14-2;1-12-8-13(2)9-14(3)10-15(4)11-16(5,6)7/h79,85H,13-78H2,1-12H3;13-15H,12H2,1-7H3. The van der Waals surface area contributed by atoms with Crippen LogP contribution in [-0.2, 0) is 37.0 Å². The molecule has 0 fully saturated rings. The first-order chi connectivity index (χ1) is 50.8. The molecule has 9 unspecified atom stereocenters. The topological polar surface area (TPSA) is 103 Å². The van der Waals surface area contributed by atoms with E-state index in [1.807, 2.05) is 0 Å².